The molecule has 0 fully saturated rings. The molecule has 0 radical (unpaired) electrons. The van der Waals surface area contributed by atoms with Crippen LogP contribution in [-0.2, 0) is 10.0 Å². The van der Waals surface area contributed by atoms with E-state index in [9.17, 15) is 13.2 Å². The van der Waals surface area contributed by atoms with Gasteiger partial charge in [-0.1, -0.05) is 11.6 Å². The predicted molar refractivity (Wildman–Crippen MR) is 72.8 cm³/mol. The molecule has 0 aliphatic carbocycles. The van der Waals surface area contributed by atoms with Crippen LogP contribution in [-0.4, -0.2) is 24.5 Å². The van der Waals surface area contributed by atoms with Crippen molar-refractivity contribution in [1.29, 1.82) is 0 Å². The summed E-state index contributed by atoms with van der Waals surface area (Å²) in [5.41, 5.74) is 0.400. The number of sulfonamides is 1. The summed E-state index contributed by atoms with van der Waals surface area (Å²) in [6, 6.07) is 5.23. The zero-order valence-electron chi connectivity index (χ0n) is 9.95. The van der Waals surface area contributed by atoms with E-state index >= 15 is 0 Å². The Morgan fingerprint density at radius 1 is 1.25 bits per heavy atom. The predicted octanol–water partition coefficient (Wildman–Crippen LogP) is 1.03. The lowest BCUT2D eigenvalue weighted by atomic mass is 10.2. The van der Waals surface area contributed by atoms with Gasteiger partial charge in [0.25, 0.3) is 5.91 Å². The lowest BCUT2D eigenvalue weighted by Crippen LogP contribution is -2.15. The van der Waals surface area contributed by atoms with Crippen LogP contribution in [0.3, 0.4) is 0 Å². The van der Waals surface area contributed by atoms with Crippen molar-refractivity contribution in [2.24, 2.45) is 5.14 Å². The SMILES string of the molecule is NS(=O)(=O)c1ccc(Cl)c(NC(=O)c2ccnnc2)c1. The van der Waals surface area contributed by atoms with Crippen molar-refractivity contribution in [1.82, 2.24) is 10.2 Å². The summed E-state index contributed by atoms with van der Waals surface area (Å²) in [5.74, 6) is -0.492. The van der Waals surface area contributed by atoms with Crippen molar-refractivity contribution in [3.8, 4) is 0 Å². The van der Waals surface area contributed by atoms with Crippen molar-refractivity contribution in [3.63, 3.8) is 0 Å². The number of carbonyl (C=O) groups excluding carboxylic acids is 1. The van der Waals surface area contributed by atoms with Crippen molar-refractivity contribution >= 4 is 33.2 Å². The number of rotatable bonds is 3. The van der Waals surface area contributed by atoms with Gasteiger partial charge in [-0.3, -0.25) is 4.79 Å². The lowest BCUT2D eigenvalue weighted by Gasteiger charge is -2.08. The number of halogens is 1. The number of carbonyl (C=O) groups is 1. The van der Waals surface area contributed by atoms with Gasteiger partial charge >= 0.3 is 0 Å². The average Bonchev–Trinajstić information content (AvgIpc) is 2.41. The molecule has 1 aromatic heterocycles. The largest absolute Gasteiger partial charge is 0.321 e. The fourth-order valence-electron chi connectivity index (χ4n) is 1.40. The lowest BCUT2D eigenvalue weighted by molar-refractivity contribution is 0.102. The van der Waals surface area contributed by atoms with E-state index in [4.69, 9.17) is 16.7 Å². The Hall–Kier alpha value is -2.03. The number of amides is 1. The average molecular weight is 313 g/mol. The van der Waals surface area contributed by atoms with E-state index in [2.05, 4.69) is 15.5 Å². The number of nitrogens with one attached hydrogen (secondary N) is 1. The van der Waals surface area contributed by atoms with Crippen LogP contribution < -0.4 is 10.5 Å². The molecule has 0 aliphatic rings. The fraction of sp³-hybridized carbons (Fsp3) is 0. The van der Waals surface area contributed by atoms with Crippen LogP contribution >= 0.6 is 11.6 Å². The summed E-state index contributed by atoms with van der Waals surface area (Å²) in [5, 5.41) is 14.8. The van der Waals surface area contributed by atoms with Crippen LogP contribution in [0.2, 0.25) is 5.02 Å². The Morgan fingerprint density at radius 2 is 2.00 bits per heavy atom. The fourth-order valence-corrected chi connectivity index (χ4v) is 2.10. The van der Waals surface area contributed by atoms with Crippen molar-refractivity contribution in [2.45, 2.75) is 4.90 Å². The molecule has 0 bridgehead atoms. The van der Waals surface area contributed by atoms with E-state index in [1.54, 1.807) is 0 Å². The maximum absolute atomic E-state index is 11.9. The summed E-state index contributed by atoms with van der Waals surface area (Å²) < 4.78 is 22.5. The topological polar surface area (TPSA) is 115 Å². The number of benzene rings is 1. The first kappa shape index (κ1) is 14.4. The molecule has 0 spiro atoms. The van der Waals surface area contributed by atoms with Gasteiger partial charge in [0.15, 0.2) is 0 Å². The highest BCUT2D eigenvalue weighted by Gasteiger charge is 2.13. The van der Waals surface area contributed by atoms with Gasteiger partial charge in [0.2, 0.25) is 10.0 Å². The molecule has 104 valence electrons. The standard InChI is InChI=1S/C11H9ClN4O3S/c12-9-2-1-8(20(13,18)19)5-10(9)16-11(17)7-3-4-14-15-6-7/h1-6H,(H,16,17)(H2,13,18,19). The smallest absolute Gasteiger partial charge is 0.257 e. The molecule has 0 saturated heterocycles. The minimum Gasteiger partial charge on any atom is -0.321 e. The number of anilines is 1. The van der Waals surface area contributed by atoms with E-state index in [0.29, 0.717) is 0 Å². The first-order valence-electron chi connectivity index (χ1n) is 5.28. The minimum atomic E-state index is -3.87. The molecule has 0 aliphatic heterocycles. The Labute approximate surface area is 119 Å². The second-order valence-corrected chi connectivity index (χ2v) is 5.74. The second-order valence-electron chi connectivity index (χ2n) is 3.77. The van der Waals surface area contributed by atoms with Crippen molar-refractivity contribution in [3.05, 3.63) is 47.2 Å². The second kappa shape index (κ2) is 5.53. The van der Waals surface area contributed by atoms with Gasteiger partial charge in [-0.25, -0.2) is 13.6 Å². The monoisotopic (exact) mass is 312 g/mol. The third-order valence-corrected chi connectivity index (χ3v) is 3.60. The van der Waals surface area contributed by atoms with Crippen molar-refractivity contribution < 1.29 is 13.2 Å². The third kappa shape index (κ3) is 3.29. The first-order valence-corrected chi connectivity index (χ1v) is 7.21. The van der Waals surface area contributed by atoms with Gasteiger partial charge in [0.05, 0.1) is 33.6 Å². The summed E-state index contributed by atoms with van der Waals surface area (Å²) >= 11 is 5.90. The maximum atomic E-state index is 11.9. The highest BCUT2D eigenvalue weighted by Crippen LogP contribution is 2.25. The summed E-state index contributed by atoms with van der Waals surface area (Å²) in [6.07, 6.45) is 2.63. The van der Waals surface area contributed by atoms with E-state index in [1.807, 2.05) is 0 Å². The summed E-state index contributed by atoms with van der Waals surface area (Å²) in [4.78, 5) is 11.8. The molecule has 2 aromatic rings. The molecule has 2 rings (SSSR count). The summed E-state index contributed by atoms with van der Waals surface area (Å²) in [6.45, 7) is 0. The minimum absolute atomic E-state index is 0.139. The van der Waals surface area contributed by atoms with E-state index < -0.39 is 15.9 Å². The van der Waals surface area contributed by atoms with E-state index in [0.717, 1.165) is 0 Å². The van der Waals surface area contributed by atoms with Crippen LogP contribution in [0, 0.1) is 0 Å². The Kier molecular flexibility index (Phi) is 3.98. The van der Waals surface area contributed by atoms with Gasteiger partial charge in [-0.05, 0) is 24.3 Å². The normalized spacial score (nSPS) is 11.1. The van der Waals surface area contributed by atoms with Gasteiger partial charge in [-0.15, -0.1) is 0 Å². The zero-order valence-corrected chi connectivity index (χ0v) is 11.5. The van der Waals surface area contributed by atoms with Crippen molar-refractivity contribution in [2.75, 3.05) is 5.32 Å². The van der Waals surface area contributed by atoms with Crippen LogP contribution in [0.4, 0.5) is 5.69 Å². The van der Waals surface area contributed by atoms with E-state index in [1.165, 1.54) is 36.7 Å². The highest BCUT2D eigenvalue weighted by molar-refractivity contribution is 7.89. The van der Waals surface area contributed by atoms with Gasteiger partial charge in [-0.2, -0.15) is 10.2 Å². The molecule has 0 atom stereocenters. The van der Waals surface area contributed by atoms with Gasteiger partial charge < -0.3 is 5.32 Å². The zero-order chi connectivity index (χ0) is 14.8. The van der Waals surface area contributed by atoms with Crippen LogP contribution in [0.25, 0.3) is 0 Å². The number of nitrogens with zero attached hydrogens (tertiary/aromatic N) is 2. The Bertz CT molecular complexity index is 750. The quantitative estimate of drug-likeness (QED) is 0.878. The Balaban J connectivity index is 2.32. The molecule has 7 nitrogen and oxygen atoms in total. The number of nitrogens with two attached hydrogens (primary N) is 1. The van der Waals surface area contributed by atoms with E-state index in [-0.39, 0.29) is 21.2 Å². The molecule has 9 heteroatoms. The molecule has 0 unspecified atom stereocenters. The van der Waals surface area contributed by atoms with Gasteiger partial charge in [0, 0.05) is 0 Å². The molecule has 1 aromatic carbocycles. The van der Waals surface area contributed by atoms with Crippen LogP contribution in [0.5, 0.6) is 0 Å². The molecule has 1 amide bonds. The number of hydrogen-bond acceptors (Lipinski definition) is 5. The van der Waals surface area contributed by atoms with Crippen LogP contribution in [0.1, 0.15) is 10.4 Å². The number of primary sulfonamides is 1. The van der Waals surface area contributed by atoms with Gasteiger partial charge in [0.1, 0.15) is 0 Å². The first-order chi connectivity index (χ1) is 9.38. The molecule has 20 heavy (non-hydrogen) atoms. The maximum Gasteiger partial charge on any atom is 0.257 e. The molecular weight excluding hydrogens is 304 g/mol. The Morgan fingerprint density at radius 3 is 2.60 bits per heavy atom. The summed E-state index contributed by atoms with van der Waals surface area (Å²) in [7, 11) is -3.87. The number of aromatic nitrogens is 2. The highest BCUT2D eigenvalue weighted by atomic mass is 35.5. The molecule has 1 heterocycles. The molecule has 3 N–H and O–H groups in total. The van der Waals surface area contributed by atoms with Crippen LogP contribution in [0.15, 0.2) is 41.6 Å². The molecular formula is C11H9ClN4O3S. The molecule has 0 saturated carbocycles. The third-order valence-electron chi connectivity index (χ3n) is 2.36. The number of hydrogen-bond donors (Lipinski definition) is 2.